The number of hydrogen-bond donors (Lipinski definition) is 1. The smallest absolute Gasteiger partial charge is 0.161 e. The molecule has 0 aliphatic rings. The van der Waals surface area contributed by atoms with E-state index in [0.717, 1.165) is 22.7 Å². The molecule has 4 heteroatoms. The van der Waals surface area contributed by atoms with Crippen LogP contribution in [-0.2, 0) is 0 Å². The number of ether oxygens (including phenoxy) is 2. The molecule has 2 aromatic carbocycles. The molecule has 0 saturated carbocycles. The van der Waals surface area contributed by atoms with Crippen molar-refractivity contribution >= 4 is 11.9 Å². The Labute approximate surface area is 138 Å². The number of nitrogens with one attached hydrogen (secondary N) is 1. The lowest BCUT2D eigenvalue weighted by atomic mass is 10.2. The summed E-state index contributed by atoms with van der Waals surface area (Å²) in [5.74, 6) is 1.99. The van der Waals surface area contributed by atoms with Crippen molar-refractivity contribution in [3.8, 4) is 11.5 Å². The van der Waals surface area contributed by atoms with Gasteiger partial charge in [-0.3, -0.25) is 5.43 Å². The largest absolute Gasteiger partial charge is 0.490 e. The molecule has 0 aliphatic carbocycles. The Balaban J connectivity index is 2.05. The summed E-state index contributed by atoms with van der Waals surface area (Å²) in [6.07, 6.45) is 1.77. The van der Waals surface area contributed by atoms with E-state index in [0.29, 0.717) is 19.1 Å². The predicted octanol–water partition coefficient (Wildman–Crippen LogP) is 4.57. The van der Waals surface area contributed by atoms with Crippen molar-refractivity contribution < 1.29 is 9.47 Å². The van der Waals surface area contributed by atoms with E-state index in [1.165, 1.54) is 0 Å². The molecular formula is C19H24N2O2. The average molecular weight is 312 g/mol. The third kappa shape index (κ3) is 5.66. The molecule has 2 rings (SSSR count). The van der Waals surface area contributed by atoms with E-state index in [9.17, 15) is 0 Å². The van der Waals surface area contributed by atoms with Crippen molar-refractivity contribution in [2.75, 3.05) is 18.6 Å². The third-order valence-electron chi connectivity index (χ3n) is 3.02. The number of nitrogens with zero attached hydrogens (tertiary/aromatic N) is 1. The van der Waals surface area contributed by atoms with Crippen molar-refractivity contribution in [1.82, 2.24) is 0 Å². The van der Waals surface area contributed by atoms with Crippen LogP contribution in [0.4, 0.5) is 5.69 Å². The minimum absolute atomic E-state index is 0.473. The van der Waals surface area contributed by atoms with E-state index >= 15 is 0 Å². The van der Waals surface area contributed by atoms with Gasteiger partial charge in [0.2, 0.25) is 0 Å². The Bertz CT molecular complexity index is 625. The van der Waals surface area contributed by atoms with Gasteiger partial charge >= 0.3 is 0 Å². The summed E-state index contributed by atoms with van der Waals surface area (Å²) in [5, 5.41) is 4.25. The number of hydrogen-bond acceptors (Lipinski definition) is 4. The quantitative estimate of drug-likeness (QED) is 0.573. The molecule has 0 heterocycles. The van der Waals surface area contributed by atoms with E-state index in [-0.39, 0.29) is 0 Å². The maximum atomic E-state index is 5.79. The van der Waals surface area contributed by atoms with Crippen LogP contribution in [0.15, 0.2) is 53.6 Å². The normalized spacial score (nSPS) is 11.0. The minimum atomic E-state index is 0.473. The van der Waals surface area contributed by atoms with Crippen molar-refractivity contribution in [3.05, 3.63) is 54.1 Å². The van der Waals surface area contributed by atoms with Gasteiger partial charge in [0, 0.05) is 0 Å². The zero-order valence-electron chi connectivity index (χ0n) is 14.0. The summed E-state index contributed by atoms with van der Waals surface area (Å²) in [7, 11) is 0. The minimum Gasteiger partial charge on any atom is -0.490 e. The standard InChI is InChI=1S/C19H24N2O2/c1-4-22-19-12-16(10-11-18(19)23-14-15(2)3)13-20-21-17-8-6-5-7-9-17/h5-13,15,21H,4,14H2,1-3H3. The van der Waals surface area contributed by atoms with E-state index < -0.39 is 0 Å². The first-order valence-electron chi connectivity index (χ1n) is 7.92. The second-order valence-electron chi connectivity index (χ2n) is 5.58. The summed E-state index contributed by atoms with van der Waals surface area (Å²) in [6, 6.07) is 15.7. The molecule has 0 atom stereocenters. The van der Waals surface area contributed by atoms with Gasteiger partial charge in [0.15, 0.2) is 11.5 Å². The molecule has 23 heavy (non-hydrogen) atoms. The number of rotatable bonds is 8. The third-order valence-corrected chi connectivity index (χ3v) is 3.02. The summed E-state index contributed by atoms with van der Waals surface area (Å²) in [6.45, 7) is 7.47. The molecule has 122 valence electrons. The lowest BCUT2D eigenvalue weighted by Crippen LogP contribution is -2.06. The highest BCUT2D eigenvalue weighted by atomic mass is 16.5. The Hall–Kier alpha value is -2.49. The molecule has 0 fully saturated rings. The van der Waals surface area contributed by atoms with Gasteiger partial charge in [0.1, 0.15) is 0 Å². The highest BCUT2D eigenvalue weighted by Crippen LogP contribution is 2.28. The highest BCUT2D eigenvalue weighted by molar-refractivity contribution is 5.81. The first kappa shape index (κ1) is 16.9. The average Bonchev–Trinajstić information content (AvgIpc) is 2.55. The fraction of sp³-hybridized carbons (Fsp3) is 0.316. The summed E-state index contributed by atoms with van der Waals surface area (Å²) < 4.78 is 11.5. The molecule has 0 bridgehead atoms. The molecule has 0 aliphatic heterocycles. The van der Waals surface area contributed by atoms with Crippen LogP contribution in [0.3, 0.4) is 0 Å². The molecule has 0 saturated heterocycles. The van der Waals surface area contributed by atoms with Crippen LogP contribution >= 0.6 is 0 Å². The SMILES string of the molecule is CCOc1cc(C=NNc2ccccc2)ccc1OCC(C)C. The van der Waals surface area contributed by atoms with Crippen molar-refractivity contribution in [2.45, 2.75) is 20.8 Å². The summed E-state index contributed by atoms with van der Waals surface area (Å²) in [4.78, 5) is 0. The number of hydrazone groups is 1. The Morgan fingerprint density at radius 1 is 1.04 bits per heavy atom. The maximum absolute atomic E-state index is 5.79. The van der Waals surface area contributed by atoms with Crippen molar-refractivity contribution in [1.29, 1.82) is 0 Å². The second kappa shape index (κ2) is 8.83. The van der Waals surface area contributed by atoms with Crippen molar-refractivity contribution in [3.63, 3.8) is 0 Å². The highest BCUT2D eigenvalue weighted by Gasteiger charge is 2.06. The van der Waals surface area contributed by atoms with Crippen LogP contribution in [0.25, 0.3) is 0 Å². The van der Waals surface area contributed by atoms with Gasteiger partial charge in [-0.05, 0) is 48.7 Å². The molecule has 2 aromatic rings. The topological polar surface area (TPSA) is 42.8 Å². The Morgan fingerprint density at radius 3 is 2.52 bits per heavy atom. The molecule has 4 nitrogen and oxygen atoms in total. The van der Waals surface area contributed by atoms with Crippen molar-refractivity contribution in [2.24, 2.45) is 11.0 Å². The van der Waals surface area contributed by atoms with Crippen LogP contribution < -0.4 is 14.9 Å². The van der Waals surface area contributed by atoms with Crippen LogP contribution in [-0.4, -0.2) is 19.4 Å². The van der Waals surface area contributed by atoms with E-state index in [2.05, 4.69) is 24.4 Å². The van der Waals surface area contributed by atoms with E-state index in [1.54, 1.807) is 6.21 Å². The second-order valence-corrected chi connectivity index (χ2v) is 5.58. The van der Waals surface area contributed by atoms with Crippen LogP contribution in [0.5, 0.6) is 11.5 Å². The van der Waals surface area contributed by atoms with E-state index in [4.69, 9.17) is 9.47 Å². The van der Waals surface area contributed by atoms with Gasteiger partial charge in [0.25, 0.3) is 0 Å². The Kier molecular flexibility index (Phi) is 6.48. The summed E-state index contributed by atoms with van der Waals surface area (Å²) >= 11 is 0. The van der Waals surface area contributed by atoms with Crippen LogP contribution in [0, 0.1) is 5.92 Å². The first-order valence-corrected chi connectivity index (χ1v) is 7.92. The molecule has 0 unspecified atom stereocenters. The van der Waals surface area contributed by atoms with Gasteiger partial charge in [-0.25, -0.2) is 0 Å². The zero-order valence-corrected chi connectivity index (χ0v) is 14.0. The monoisotopic (exact) mass is 312 g/mol. The van der Waals surface area contributed by atoms with E-state index in [1.807, 2.05) is 55.5 Å². The van der Waals surface area contributed by atoms with Gasteiger partial charge in [-0.1, -0.05) is 32.0 Å². The van der Waals surface area contributed by atoms with Gasteiger partial charge < -0.3 is 9.47 Å². The lowest BCUT2D eigenvalue weighted by Gasteiger charge is -2.13. The molecule has 1 N–H and O–H groups in total. The molecule has 0 amide bonds. The fourth-order valence-electron chi connectivity index (χ4n) is 1.94. The Morgan fingerprint density at radius 2 is 1.83 bits per heavy atom. The maximum Gasteiger partial charge on any atom is 0.161 e. The van der Waals surface area contributed by atoms with Gasteiger partial charge in [-0.2, -0.15) is 5.10 Å². The summed E-state index contributed by atoms with van der Waals surface area (Å²) in [5.41, 5.74) is 4.90. The van der Waals surface area contributed by atoms with Crippen LogP contribution in [0.2, 0.25) is 0 Å². The number of para-hydroxylation sites is 1. The zero-order chi connectivity index (χ0) is 16.5. The molecule has 0 spiro atoms. The number of benzene rings is 2. The van der Waals surface area contributed by atoms with Gasteiger partial charge in [-0.15, -0.1) is 0 Å². The fourth-order valence-corrected chi connectivity index (χ4v) is 1.94. The molecule has 0 aromatic heterocycles. The van der Waals surface area contributed by atoms with Crippen LogP contribution in [0.1, 0.15) is 26.3 Å². The number of anilines is 1. The molecule has 0 radical (unpaired) electrons. The lowest BCUT2D eigenvalue weighted by molar-refractivity contribution is 0.248. The predicted molar refractivity (Wildman–Crippen MR) is 95.6 cm³/mol. The first-order chi connectivity index (χ1) is 11.2. The molecular weight excluding hydrogens is 288 g/mol. The van der Waals surface area contributed by atoms with Gasteiger partial charge in [0.05, 0.1) is 25.1 Å².